The van der Waals surface area contributed by atoms with Gasteiger partial charge in [0.2, 0.25) is 5.91 Å². The fraction of sp³-hybridized carbons (Fsp3) is 0.562. The van der Waals surface area contributed by atoms with Gasteiger partial charge in [-0.25, -0.2) is 0 Å². The van der Waals surface area contributed by atoms with Gasteiger partial charge in [-0.2, -0.15) is 74.6 Å². The molecule has 236 valence electrons. The van der Waals surface area contributed by atoms with E-state index >= 15 is 4.39 Å². The molecule has 0 aliphatic rings. The number of hydrogen-bond acceptors (Lipinski definition) is 6. The number of amides is 1. The highest BCUT2D eigenvalue weighted by atomic mass is 19.4. The molecular weight excluding hydrogens is 634 g/mol. The number of halogens is 17. The zero-order valence-corrected chi connectivity index (χ0v) is 18.6. The molecule has 1 aromatic carbocycles. The van der Waals surface area contributed by atoms with Crippen molar-refractivity contribution in [2.45, 2.75) is 48.4 Å². The summed E-state index contributed by atoms with van der Waals surface area (Å²) in [7, 11) is -3.00. The molecule has 0 aromatic heterocycles. The predicted molar refractivity (Wildman–Crippen MR) is 95.8 cm³/mol. The molecule has 0 spiro atoms. The fourth-order valence-electron chi connectivity index (χ4n) is 2.48. The van der Waals surface area contributed by atoms with Gasteiger partial charge in [-0.3, -0.25) is 14.3 Å². The first-order valence-corrected chi connectivity index (χ1v) is 9.53. The standard InChI is InChI=1S/C16H10BF17N2O5/c18-9(12(22,23)24,5-1-6(17(38)39)3-7(2-5)36-8(37)4-35)40-16(33,34)11(21,14(28,29)30)41-15(31,32)10(19,20)13(25,26)27/h1-3,38-39H,4,35H2,(H,36,37). The van der Waals surface area contributed by atoms with Gasteiger partial charge in [-0.15, -0.1) is 0 Å². The van der Waals surface area contributed by atoms with Crippen LogP contribution in [0.3, 0.4) is 0 Å². The Balaban J connectivity index is 3.92. The smallest absolute Gasteiger partial charge is 0.423 e. The number of alkyl halides is 17. The van der Waals surface area contributed by atoms with E-state index in [-0.39, 0.29) is 6.07 Å². The van der Waals surface area contributed by atoms with Crippen molar-refractivity contribution in [1.29, 1.82) is 0 Å². The third-order valence-corrected chi connectivity index (χ3v) is 4.46. The molecule has 7 nitrogen and oxygen atoms in total. The minimum Gasteiger partial charge on any atom is -0.423 e. The lowest BCUT2D eigenvalue weighted by Gasteiger charge is -2.40. The van der Waals surface area contributed by atoms with E-state index in [0.29, 0.717) is 0 Å². The van der Waals surface area contributed by atoms with Crippen LogP contribution in [-0.4, -0.2) is 72.1 Å². The van der Waals surface area contributed by atoms with Gasteiger partial charge in [0.1, 0.15) is 0 Å². The Morgan fingerprint density at radius 2 is 1.22 bits per heavy atom. The number of carbonyl (C=O) groups excluding carboxylic acids is 1. The number of rotatable bonds is 10. The molecule has 2 unspecified atom stereocenters. The van der Waals surface area contributed by atoms with E-state index in [0.717, 1.165) is 0 Å². The maximum Gasteiger partial charge on any atom is 0.488 e. The Hall–Kier alpha value is -2.64. The number of anilines is 1. The van der Waals surface area contributed by atoms with E-state index in [9.17, 15) is 75.0 Å². The molecule has 0 bridgehead atoms. The molecule has 25 heteroatoms. The van der Waals surface area contributed by atoms with Crippen molar-refractivity contribution in [2.24, 2.45) is 5.73 Å². The number of ether oxygens (including phenoxy) is 2. The molecule has 2 atom stereocenters. The summed E-state index contributed by atoms with van der Waals surface area (Å²) in [5.41, 5.74) is -0.399. The van der Waals surface area contributed by atoms with E-state index in [2.05, 4.69) is 4.74 Å². The fourth-order valence-corrected chi connectivity index (χ4v) is 2.48. The lowest BCUT2D eigenvalue weighted by atomic mass is 9.78. The summed E-state index contributed by atoms with van der Waals surface area (Å²) >= 11 is 0. The van der Waals surface area contributed by atoms with Crippen LogP contribution in [0.2, 0.25) is 0 Å². The Bertz CT molecular complexity index is 1110. The molecule has 0 fully saturated rings. The van der Waals surface area contributed by atoms with Crippen LogP contribution in [0.1, 0.15) is 5.56 Å². The average molecular weight is 644 g/mol. The molecule has 1 rings (SSSR count). The summed E-state index contributed by atoms with van der Waals surface area (Å²) < 4.78 is 231. The second-order valence-corrected chi connectivity index (χ2v) is 7.47. The molecule has 0 saturated carbocycles. The number of nitrogens with two attached hydrogens (primary N) is 1. The summed E-state index contributed by atoms with van der Waals surface area (Å²) in [5, 5.41) is 19.7. The Morgan fingerprint density at radius 1 is 0.732 bits per heavy atom. The van der Waals surface area contributed by atoms with Gasteiger partial charge in [-0.1, -0.05) is 6.07 Å². The number of benzene rings is 1. The van der Waals surface area contributed by atoms with E-state index in [1.807, 2.05) is 0 Å². The molecule has 5 N–H and O–H groups in total. The van der Waals surface area contributed by atoms with Gasteiger partial charge >= 0.3 is 55.5 Å². The van der Waals surface area contributed by atoms with E-state index in [1.54, 1.807) is 0 Å². The third-order valence-electron chi connectivity index (χ3n) is 4.46. The van der Waals surface area contributed by atoms with Crippen LogP contribution < -0.4 is 16.5 Å². The van der Waals surface area contributed by atoms with Gasteiger partial charge in [-0.05, 0) is 17.6 Å². The largest absolute Gasteiger partial charge is 0.488 e. The van der Waals surface area contributed by atoms with Crippen molar-refractivity contribution in [3.63, 3.8) is 0 Å². The van der Waals surface area contributed by atoms with Crippen LogP contribution >= 0.6 is 0 Å². The van der Waals surface area contributed by atoms with Gasteiger partial charge in [0.05, 0.1) is 6.54 Å². The van der Waals surface area contributed by atoms with Crippen molar-refractivity contribution in [3.05, 3.63) is 23.8 Å². The summed E-state index contributed by atoms with van der Waals surface area (Å²) in [5.74, 6) is -24.0. The Kier molecular flexibility index (Phi) is 9.66. The van der Waals surface area contributed by atoms with E-state index in [1.165, 1.54) is 10.1 Å². The van der Waals surface area contributed by atoms with Crippen LogP contribution in [0.4, 0.5) is 80.3 Å². The molecule has 0 saturated heterocycles. The first-order valence-electron chi connectivity index (χ1n) is 9.53. The van der Waals surface area contributed by atoms with Crippen molar-refractivity contribution in [1.82, 2.24) is 0 Å². The van der Waals surface area contributed by atoms with Crippen LogP contribution in [0, 0.1) is 0 Å². The average Bonchev–Trinajstić information content (AvgIpc) is 2.75. The van der Waals surface area contributed by atoms with Crippen LogP contribution in [-0.2, 0) is 20.1 Å². The number of hydrogen-bond donors (Lipinski definition) is 4. The quantitative estimate of drug-likeness (QED) is 0.229. The van der Waals surface area contributed by atoms with E-state index in [4.69, 9.17) is 15.8 Å². The molecule has 0 heterocycles. The van der Waals surface area contributed by atoms with Gasteiger partial charge in [0, 0.05) is 11.3 Å². The maximum atomic E-state index is 15.1. The van der Waals surface area contributed by atoms with Crippen molar-refractivity contribution < 1.29 is 99.0 Å². The maximum absolute atomic E-state index is 15.1. The molecule has 0 radical (unpaired) electrons. The van der Waals surface area contributed by atoms with Crippen molar-refractivity contribution >= 4 is 24.2 Å². The van der Waals surface area contributed by atoms with Crippen LogP contribution in [0.15, 0.2) is 18.2 Å². The molecule has 1 amide bonds. The van der Waals surface area contributed by atoms with Gasteiger partial charge in [0.25, 0.3) is 0 Å². The lowest BCUT2D eigenvalue weighted by Crippen LogP contribution is -2.67. The number of nitrogens with one attached hydrogen (secondary N) is 1. The van der Waals surface area contributed by atoms with Crippen LogP contribution in [0.5, 0.6) is 0 Å². The summed E-state index contributed by atoms with van der Waals surface area (Å²) in [6, 6.07) is -0.675. The highest BCUT2D eigenvalue weighted by molar-refractivity contribution is 6.58. The first-order chi connectivity index (χ1) is 17.9. The molecule has 41 heavy (non-hydrogen) atoms. The zero-order valence-electron chi connectivity index (χ0n) is 18.6. The first kappa shape index (κ1) is 36.4. The molecule has 1 aromatic rings. The van der Waals surface area contributed by atoms with Crippen molar-refractivity contribution in [2.75, 3.05) is 11.9 Å². The van der Waals surface area contributed by atoms with Gasteiger partial charge in [0.15, 0.2) is 0 Å². The summed E-state index contributed by atoms with van der Waals surface area (Å²) in [6.07, 6.45) is -38.7. The van der Waals surface area contributed by atoms with E-state index < -0.39 is 96.8 Å². The molecular formula is C16H10BF17N2O5. The second-order valence-electron chi connectivity index (χ2n) is 7.47. The third kappa shape index (κ3) is 6.89. The Labute approximate surface area is 214 Å². The second kappa shape index (κ2) is 10.9. The monoisotopic (exact) mass is 644 g/mol. The summed E-state index contributed by atoms with van der Waals surface area (Å²) in [6.45, 7) is -1.01. The normalized spacial score (nSPS) is 17.1. The molecule has 0 aliphatic heterocycles. The summed E-state index contributed by atoms with van der Waals surface area (Å²) in [4.78, 5) is 11.3. The highest BCUT2D eigenvalue weighted by Gasteiger charge is 2.85. The predicted octanol–water partition coefficient (Wildman–Crippen LogP) is 3.59. The Morgan fingerprint density at radius 3 is 1.59 bits per heavy atom. The minimum atomic E-state index is -8.09. The topological polar surface area (TPSA) is 114 Å². The van der Waals surface area contributed by atoms with Crippen molar-refractivity contribution in [3.8, 4) is 0 Å². The van der Waals surface area contributed by atoms with Gasteiger partial charge < -0.3 is 21.1 Å². The zero-order chi connectivity index (χ0) is 32.8. The minimum absolute atomic E-state index is 0.273. The van der Waals surface area contributed by atoms with Crippen LogP contribution in [0.25, 0.3) is 0 Å². The SMILES string of the molecule is NCC(=O)Nc1cc(B(O)O)cc(C(F)(OC(F)(F)C(F)(OC(F)(F)C(F)(F)C(F)(F)F)C(F)(F)F)C(F)(F)F)c1. The highest BCUT2D eigenvalue weighted by Crippen LogP contribution is 2.57. The molecule has 0 aliphatic carbocycles. The lowest BCUT2D eigenvalue weighted by molar-refractivity contribution is -0.554. The number of carbonyl (C=O) groups is 1.